The quantitative estimate of drug-likeness (QED) is 0.797. The van der Waals surface area contributed by atoms with Gasteiger partial charge in [0.2, 0.25) is 0 Å². The SMILES string of the molecule is O=C(NCC1(O)CCCCC1)NC1CC1c1c(F)cccc1F. The number of hydrogen-bond acceptors (Lipinski definition) is 2. The molecule has 0 aromatic heterocycles. The van der Waals surface area contributed by atoms with Crippen molar-refractivity contribution in [1.82, 2.24) is 10.6 Å². The van der Waals surface area contributed by atoms with Crippen LogP contribution in [0, 0.1) is 11.6 Å². The van der Waals surface area contributed by atoms with Crippen molar-refractivity contribution in [3.8, 4) is 0 Å². The average Bonchev–Trinajstić information content (AvgIpc) is 3.25. The number of rotatable bonds is 4. The lowest BCUT2D eigenvalue weighted by molar-refractivity contribution is 0.00718. The Balaban J connectivity index is 1.48. The third-order valence-electron chi connectivity index (χ3n) is 4.84. The Kier molecular flexibility index (Phi) is 4.53. The molecule has 0 radical (unpaired) electrons. The maximum Gasteiger partial charge on any atom is 0.315 e. The van der Waals surface area contributed by atoms with Crippen LogP contribution < -0.4 is 10.6 Å². The molecule has 2 amide bonds. The molecule has 2 saturated carbocycles. The summed E-state index contributed by atoms with van der Waals surface area (Å²) < 4.78 is 27.4. The van der Waals surface area contributed by atoms with Gasteiger partial charge in [-0.25, -0.2) is 13.6 Å². The first-order chi connectivity index (χ1) is 11.0. The fourth-order valence-electron chi connectivity index (χ4n) is 3.39. The molecule has 0 spiro atoms. The Bertz CT molecular complexity index is 568. The van der Waals surface area contributed by atoms with Crippen molar-refractivity contribution < 1.29 is 18.7 Å². The van der Waals surface area contributed by atoms with Gasteiger partial charge in [0.1, 0.15) is 11.6 Å². The zero-order chi connectivity index (χ0) is 16.4. The van der Waals surface area contributed by atoms with Crippen LogP contribution in [0.4, 0.5) is 13.6 Å². The van der Waals surface area contributed by atoms with Crippen LogP contribution in [-0.2, 0) is 0 Å². The minimum atomic E-state index is -0.823. The summed E-state index contributed by atoms with van der Waals surface area (Å²) in [6, 6.07) is 3.13. The molecule has 126 valence electrons. The molecule has 3 N–H and O–H groups in total. The first-order valence-corrected chi connectivity index (χ1v) is 8.19. The number of amides is 2. The lowest BCUT2D eigenvalue weighted by Gasteiger charge is -2.32. The van der Waals surface area contributed by atoms with Crippen LogP contribution in [0.5, 0.6) is 0 Å². The van der Waals surface area contributed by atoms with Crippen molar-refractivity contribution in [3.63, 3.8) is 0 Å². The number of carbonyl (C=O) groups excluding carboxylic acids is 1. The molecule has 2 atom stereocenters. The minimum Gasteiger partial charge on any atom is -0.388 e. The van der Waals surface area contributed by atoms with Gasteiger partial charge in [0, 0.05) is 24.1 Å². The van der Waals surface area contributed by atoms with Crippen LogP contribution in [0.15, 0.2) is 18.2 Å². The highest BCUT2D eigenvalue weighted by Gasteiger charge is 2.43. The van der Waals surface area contributed by atoms with Crippen LogP contribution in [0.3, 0.4) is 0 Å². The van der Waals surface area contributed by atoms with E-state index in [0.717, 1.165) is 19.3 Å². The molecular weight excluding hydrogens is 302 g/mol. The summed E-state index contributed by atoms with van der Waals surface area (Å²) >= 11 is 0. The van der Waals surface area contributed by atoms with E-state index in [-0.39, 0.29) is 24.1 Å². The molecule has 1 aromatic rings. The summed E-state index contributed by atoms with van der Waals surface area (Å²) in [5.74, 6) is -1.47. The van der Waals surface area contributed by atoms with Gasteiger partial charge in [-0.2, -0.15) is 0 Å². The van der Waals surface area contributed by atoms with E-state index in [1.54, 1.807) is 0 Å². The number of halogens is 2. The summed E-state index contributed by atoms with van der Waals surface area (Å²) in [7, 11) is 0. The number of urea groups is 1. The second-order valence-electron chi connectivity index (χ2n) is 6.70. The Labute approximate surface area is 134 Å². The zero-order valence-electron chi connectivity index (χ0n) is 12.9. The normalized spacial score (nSPS) is 25.7. The van der Waals surface area contributed by atoms with E-state index in [0.29, 0.717) is 19.3 Å². The molecule has 0 aliphatic heterocycles. The number of nitrogens with one attached hydrogen (secondary N) is 2. The summed E-state index contributed by atoms with van der Waals surface area (Å²) in [6.07, 6.45) is 4.97. The molecule has 23 heavy (non-hydrogen) atoms. The summed E-state index contributed by atoms with van der Waals surface area (Å²) in [5, 5.41) is 15.7. The summed E-state index contributed by atoms with van der Waals surface area (Å²) in [4.78, 5) is 11.9. The standard InChI is InChI=1S/C17H22F2N2O2/c18-12-5-4-6-13(19)15(12)11-9-14(11)21-16(22)20-10-17(23)7-2-1-3-8-17/h4-6,11,14,23H,1-3,7-10H2,(H2,20,21,22). The van der Waals surface area contributed by atoms with Gasteiger partial charge < -0.3 is 15.7 Å². The maximum absolute atomic E-state index is 13.7. The van der Waals surface area contributed by atoms with Gasteiger partial charge in [0.05, 0.1) is 5.60 Å². The molecule has 3 rings (SSSR count). The fraction of sp³-hybridized carbons (Fsp3) is 0.588. The third kappa shape index (κ3) is 3.80. The molecule has 6 heteroatoms. The summed E-state index contributed by atoms with van der Waals surface area (Å²) in [6.45, 7) is 0.213. The molecule has 2 fully saturated rings. The number of hydrogen-bond donors (Lipinski definition) is 3. The van der Waals surface area contributed by atoms with Crippen molar-refractivity contribution in [3.05, 3.63) is 35.4 Å². The molecular formula is C17H22F2N2O2. The Morgan fingerprint density at radius 2 is 1.87 bits per heavy atom. The first kappa shape index (κ1) is 16.2. The smallest absolute Gasteiger partial charge is 0.315 e. The molecule has 0 heterocycles. The van der Waals surface area contributed by atoms with Gasteiger partial charge in [0.15, 0.2) is 0 Å². The van der Waals surface area contributed by atoms with E-state index >= 15 is 0 Å². The lowest BCUT2D eigenvalue weighted by atomic mass is 9.85. The van der Waals surface area contributed by atoms with Crippen molar-refractivity contribution >= 4 is 6.03 Å². The van der Waals surface area contributed by atoms with Crippen LogP contribution in [0.25, 0.3) is 0 Å². The average molecular weight is 324 g/mol. The molecule has 2 aliphatic carbocycles. The first-order valence-electron chi connectivity index (χ1n) is 8.19. The van der Waals surface area contributed by atoms with Gasteiger partial charge in [-0.3, -0.25) is 0 Å². The highest BCUT2D eigenvalue weighted by Crippen LogP contribution is 2.43. The number of aliphatic hydroxyl groups is 1. The molecule has 2 unspecified atom stereocenters. The second-order valence-corrected chi connectivity index (χ2v) is 6.70. The Hall–Kier alpha value is -1.69. The van der Waals surface area contributed by atoms with Crippen molar-refractivity contribution in [2.24, 2.45) is 0 Å². The second kappa shape index (κ2) is 6.43. The minimum absolute atomic E-state index is 0.0451. The molecule has 0 bridgehead atoms. The highest BCUT2D eigenvalue weighted by molar-refractivity contribution is 5.75. The van der Waals surface area contributed by atoms with E-state index < -0.39 is 23.3 Å². The van der Waals surface area contributed by atoms with Crippen molar-refractivity contribution in [2.45, 2.75) is 56.1 Å². The van der Waals surface area contributed by atoms with E-state index in [1.807, 2.05) is 0 Å². The van der Waals surface area contributed by atoms with Crippen LogP contribution in [0.1, 0.15) is 50.0 Å². The Morgan fingerprint density at radius 1 is 1.22 bits per heavy atom. The highest BCUT2D eigenvalue weighted by atomic mass is 19.1. The molecule has 1 aromatic carbocycles. The van der Waals surface area contributed by atoms with E-state index in [4.69, 9.17) is 0 Å². The molecule has 0 saturated heterocycles. The van der Waals surface area contributed by atoms with Gasteiger partial charge in [-0.05, 0) is 31.4 Å². The summed E-state index contributed by atoms with van der Waals surface area (Å²) in [5.41, 5.74) is -0.778. The van der Waals surface area contributed by atoms with E-state index in [2.05, 4.69) is 10.6 Å². The zero-order valence-corrected chi connectivity index (χ0v) is 12.9. The fourth-order valence-corrected chi connectivity index (χ4v) is 3.39. The topological polar surface area (TPSA) is 61.4 Å². The monoisotopic (exact) mass is 324 g/mol. The largest absolute Gasteiger partial charge is 0.388 e. The maximum atomic E-state index is 13.7. The van der Waals surface area contributed by atoms with Gasteiger partial charge >= 0.3 is 6.03 Å². The van der Waals surface area contributed by atoms with Gasteiger partial charge in [-0.1, -0.05) is 25.3 Å². The number of carbonyl (C=O) groups is 1. The van der Waals surface area contributed by atoms with Gasteiger partial charge in [0.25, 0.3) is 0 Å². The van der Waals surface area contributed by atoms with Crippen LogP contribution in [0.2, 0.25) is 0 Å². The third-order valence-corrected chi connectivity index (χ3v) is 4.84. The Morgan fingerprint density at radius 3 is 2.52 bits per heavy atom. The predicted octanol–water partition coefficient (Wildman–Crippen LogP) is 2.82. The van der Waals surface area contributed by atoms with E-state index in [1.165, 1.54) is 18.2 Å². The molecule has 4 nitrogen and oxygen atoms in total. The van der Waals surface area contributed by atoms with Crippen molar-refractivity contribution in [2.75, 3.05) is 6.54 Å². The van der Waals surface area contributed by atoms with Crippen LogP contribution in [-0.4, -0.2) is 29.3 Å². The molecule has 2 aliphatic rings. The van der Waals surface area contributed by atoms with E-state index in [9.17, 15) is 18.7 Å². The van der Waals surface area contributed by atoms with Gasteiger partial charge in [-0.15, -0.1) is 0 Å². The van der Waals surface area contributed by atoms with Crippen LogP contribution >= 0.6 is 0 Å². The number of benzene rings is 1. The predicted molar refractivity (Wildman–Crippen MR) is 82.1 cm³/mol. The van der Waals surface area contributed by atoms with Crippen molar-refractivity contribution in [1.29, 1.82) is 0 Å². The lowest BCUT2D eigenvalue weighted by Crippen LogP contribution is -2.47.